The molecular formula is C22H25ClN4O4S. The molecule has 2 aromatic carbocycles. The van der Waals surface area contributed by atoms with Gasteiger partial charge in [-0.3, -0.25) is 14.2 Å². The van der Waals surface area contributed by atoms with Gasteiger partial charge in [0.2, 0.25) is 5.91 Å². The van der Waals surface area contributed by atoms with Crippen molar-refractivity contribution in [3.05, 3.63) is 64.4 Å². The first-order valence-corrected chi connectivity index (χ1v) is 11.7. The Labute approximate surface area is 192 Å². The minimum atomic E-state index is -3.84. The maximum absolute atomic E-state index is 12.8. The maximum atomic E-state index is 12.8. The average Bonchev–Trinajstić information content (AvgIpc) is 3.06. The summed E-state index contributed by atoms with van der Waals surface area (Å²) in [6, 6.07) is 10.6. The van der Waals surface area contributed by atoms with Gasteiger partial charge in [0.25, 0.3) is 10.0 Å². The Balaban J connectivity index is 1.76. The summed E-state index contributed by atoms with van der Waals surface area (Å²) in [6.07, 6.45) is 0. The van der Waals surface area contributed by atoms with Crippen LogP contribution < -0.4 is 14.8 Å². The molecule has 0 aliphatic rings. The highest BCUT2D eigenvalue weighted by atomic mass is 35.5. The van der Waals surface area contributed by atoms with Gasteiger partial charge < -0.3 is 10.1 Å². The number of aromatic nitrogens is 2. The number of nitrogens with one attached hydrogen (secondary N) is 2. The molecule has 32 heavy (non-hydrogen) atoms. The van der Waals surface area contributed by atoms with Crippen LogP contribution in [0.2, 0.25) is 5.02 Å². The summed E-state index contributed by atoms with van der Waals surface area (Å²) in [5.41, 5.74) is 2.88. The van der Waals surface area contributed by atoms with Crippen LogP contribution >= 0.6 is 11.6 Å². The smallest absolute Gasteiger partial charge is 0.262 e. The predicted octanol–water partition coefficient (Wildman–Crippen LogP) is 4.47. The van der Waals surface area contributed by atoms with Crippen molar-refractivity contribution in [3.63, 3.8) is 0 Å². The summed E-state index contributed by atoms with van der Waals surface area (Å²) >= 11 is 6.32. The lowest BCUT2D eigenvalue weighted by atomic mass is 10.2. The van der Waals surface area contributed by atoms with Crippen LogP contribution in [0.3, 0.4) is 0 Å². The molecule has 0 aliphatic carbocycles. The van der Waals surface area contributed by atoms with Gasteiger partial charge in [-0.2, -0.15) is 5.10 Å². The van der Waals surface area contributed by atoms with Gasteiger partial charge in [0.1, 0.15) is 11.8 Å². The Morgan fingerprint density at radius 2 is 1.84 bits per heavy atom. The van der Waals surface area contributed by atoms with Gasteiger partial charge in [0, 0.05) is 5.69 Å². The van der Waals surface area contributed by atoms with E-state index in [-0.39, 0.29) is 21.5 Å². The molecular weight excluding hydrogens is 452 g/mol. The van der Waals surface area contributed by atoms with E-state index in [1.165, 1.54) is 25.3 Å². The number of amides is 1. The zero-order valence-corrected chi connectivity index (χ0v) is 20.0. The first-order chi connectivity index (χ1) is 15.0. The lowest BCUT2D eigenvalue weighted by Gasteiger charge is -2.16. The Morgan fingerprint density at radius 1 is 1.12 bits per heavy atom. The van der Waals surface area contributed by atoms with Gasteiger partial charge in [-0.25, -0.2) is 8.42 Å². The third-order valence-electron chi connectivity index (χ3n) is 4.94. The van der Waals surface area contributed by atoms with Crippen molar-refractivity contribution in [1.82, 2.24) is 9.78 Å². The number of hydrogen-bond donors (Lipinski definition) is 2. The van der Waals surface area contributed by atoms with Gasteiger partial charge >= 0.3 is 0 Å². The Morgan fingerprint density at radius 3 is 2.41 bits per heavy atom. The molecule has 0 saturated carbocycles. The number of carbonyl (C=O) groups excluding carboxylic acids is 1. The van der Waals surface area contributed by atoms with E-state index < -0.39 is 16.1 Å². The van der Waals surface area contributed by atoms with Gasteiger partial charge in [0.15, 0.2) is 0 Å². The number of ether oxygens (including phenoxy) is 1. The molecule has 1 atom stereocenters. The molecule has 3 rings (SSSR count). The minimum absolute atomic E-state index is 0.130. The van der Waals surface area contributed by atoms with E-state index in [0.717, 1.165) is 11.4 Å². The number of methoxy groups -OCH3 is 1. The molecule has 1 unspecified atom stereocenters. The van der Waals surface area contributed by atoms with Gasteiger partial charge in [-0.05, 0) is 75.7 Å². The number of nitrogens with zero attached hydrogens (tertiary/aromatic N) is 2. The second-order valence-electron chi connectivity index (χ2n) is 7.47. The number of sulfonamides is 1. The molecule has 1 heterocycles. The SMILES string of the molecule is COc1ccc(S(=O)(=O)Nc2ccc(NC(=O)C(C)n3nc(C)cc3C)c(Cl)c2)c(C)c1. The summed E-state index contributed by atoms with van der Waals surface area (Å²) in [4.78, 5) is 12.8. The summed E-state index contributed by atoms with van der Waals surface area (Å²) in [5.74, 6) is 0.277. The fraction of sp³-hybridized carbons (Fsp3) is 0.273. The normalized spacial score (nSPS) is 12.3. The van der Waals surface area contributed by atoms with Crippen LogP contribution in [0.15, 0.2) is 47.4 Å². The molecule has 0 radical (unpaired) electrons. The molecule has 10 heteroatoms. The van der Waals surface area contributed by atoms with Crippen molar-refractivity contribution in [3.8, 4) is 5.75 Å². The zero-order valence-electron chi connectivity index (χ0n) is 18.4. The highest BCUT2D eigenvalue weighted by Gasteiger charge is 2.20. The van der Waals surface area contributed by atoms with Crippen molar-refractivity contribution in [1.29, 1.82) is 0 Å². The molecule has 0 fully saturated rings. The third-order valence-corrected chi connectivity index (χ3v) is 6.80. The number of halogens is 1. The van der Waals surface area contributed by atoms with E-state index in [4.69, 9.17) is 16.3 Å². The molecule has 0 spiro atoms. The van der Waals surface area contributed by atoms with Crippen LogP contribution in [0.4, 0.5) is 11.4 Å². The predicted molar refractivity (Wildman–Crippen MR) is 125 cm³/mol. The average molecular weight is 477 g/mol. The molecule has 0 saturated heterocycles. The first-order valence-electron chi connectivity index (χ1n) is 9.82. The summed E-state index contributed by atoms with van der Waals surface area (Å²) < 4.78 is 34.9. The molecule has 2 N–H and O–H groups in total. The van der Waals surface area contributed by atoms with Crippen molar-refractivity contribution < 1.29 is 17.9 Å². The molecule has 1 amide bonds. The van der Waals surface area contributed by atoms with Crippen LogP contribution in [0.5, 0.6) is 5.75 Å². The number of rotatable bonds is 7. The number of hydrogen-bond acceptors (Lipinski definition) is 5. The van der Waals surface area contributed by atoms with E-state index in [1.54, 1.807) is 36.7 Å². The fourth-order valence-corrected chi connectivity index (χ4v) is 4.83. The van der Waals surface area contributed by atoms with Crippen LogP contribution in [0.25, 0.3) is 0 Å². The monoisotopic (exact) mass is 476 g/mol. The van der Waals surface area contributed by atoms with Crippen molar-refractivity contribution in [2.45, 2.75) is 38.6 Å². The standard InChI is InChI=1S/C22H25ClN4O4S/c1-13-10-18(31-5)7-9-21(13)32(29,30)26-17-6-8-20(19(23)12-17)24-22(28)16(4)27-15(3)11-14(2)25-27/h6-12,16,26H,1-5H3,(H,24,28). The first kappa shape index (κ1) is 23.6. The van der Waals surface area contributed by atoms with E-state index in [1.807, 2.05) is 19.9 Å². The number of aryl methyl sites for hydroxylation is 3. The van der Waals surface area contributed by atoms with Crippen LogP contribution in [0.1, 0.15) is 29.9 Å². The van der Waals surface area contributed by atoms with E-state index in [9.17, 15) is 13.2 Å². The number of benzene rings is 2. The molecule has 0 aliphatic heterocycles. The number of carbonyl (C=O) groups is 1. The van der Waals surface area contributed by atoms with Gasteiger partial charge in [-0.15, -0.1) is 0 Å². The quantitative estimate of drug-likeness (QED) is 0.523. The van der Waals surface area contributed by atoms with Crippen molar-refractivity contribution in [2.75, 3.05) is 17.1 Å². The van der Waals surface area contributed by atoms with E-state index >= 15 is 0 Å². The van der Waals surface area contributed by atoms with E-state index in [2.05, 4.69) is 15.1 Å². The largest absolute Gasteiger partial charge is 0.497 e. The number of anilines is 2. The Bertz CT molecular complexity index is 1270. The topological polar surface area (TPSA) is 102 Å². The summed E-state index contributed by atoms with van der Waals surface area (Å²) in [5, 5.41) is 7.30. The summed E-state index contributed by atoms with van der Waals surface area (Å²) in [6.45, 7) is 7.16. The van der Waals surface area contributed by atoms with Crippen LogP contribution in [-0.2, 0) is 14.8 Å². The Hall–Kier alpha value is -3.04. The highest BCUT2D eigenvalue weighted by Crippen LogP contribution is 2.29. The fourth-order valence-electron chi connectivity index (χ4n) is 3.33. The molecule has 3 aromatic rings. The maximum Gasteiger partial charge on any atom is 0.262 e. The Kier molecular flexibility index (Phi) is 6.80. The van der Waals surface area contributed by atoms with Gasteiger partial charge in [-0.1, -0.05) is 11.6 Å². The van der Waals surface area contributed by atoms with Crippen LogP contribution in [-0.4, -0.2) is 31.2 Å². The van der Waals surface area contributed by atoms with Gasteiger partial charge in [0.05, 0.1) is 34.1 Å². The third kappa shape index (κ3) is 5.05. The molecule has 1 aromatic heterocycles. The second-order valence-corrected chi connectivity index (χ2v) is 9.53. The van der Waals surface area contributed by atoms with Crippen molar-refractivity contribution >= 4 is 38.9 Å². The van der Waals surface area contributed by atoms with Crippen LogP contribution in [0, 0.1) is 20.8 Å². The van der Waals surface area contributed by atoms with E-state index in [0.29, 0.717) is 17.0 Å². The second kappa shape index (κ2) is 9.22. The molecule has 170 valence electrons. The van der Waals surface area contributed by atoms with Crippen molar-refractivity contribution in [2.24, 2.45) is 0 Å². The molecule has 8 nitrogen and oxygen atoms in total. The summed E-state index contributed by atoms with van der Waals surface area (Å²) in [7, 11) is -2.32. The molecule has 0 bridgehead atoms. The highest BCUT2D eigenvalue weighted by molar-refractivity contribution is 7.92. The lowest BCUT2D eigenvalue weighted by molar-refractivity contribution is -0.119. The zero-order chi connectivity index (χ0) is 23.6. The minimum Gasteiger partial charge on any atom is -0.497 e. The lowest BCUT2D eigenvalue weighted by Crippen LogP contribution is -2.25.